The van der Waals surface area contributed by atoms with Crippen LogP contribution in [0.15, 0.2) is 30.3 Å². The van der Waals surface area contributed by atoms with Gasteiger partial charge in [0.2, 0.25) is 0 Å². The van der Waals surface area contributed by atoms with Gasteiger partial charge in [-0.1, -0.05) is 23.7 Å². The van der Waals surface area contributed by atoms with E-state index in [9.17, 15) is 0 Å². The highest BCUT2D eigenvalue weighted by molar-refractivity contribution is 6.29. The minimum atomic E-state index is 0.487. The quantitative estimate of drug-likeness (QED) is 0.783. The molecule has 0 aliphatic heterocycles. The summed E-state index contributed by atoms with van der Waals surface area (Å²) in [6, 6.07) is 9.70. The van der Waals surface area contributed by atoms with E-state index >= 15 is 0 Å². The number of aryl methyl sites for hydroxylation is 1. The van der Waals surface area contributed by atoms with Crippen molar-refractivity contribution in [1.82, 2.24) is 9.97 Å². The molecule has 1 heterocycles. The Kier molecular flexibility index (Phi) is 3.59. The Bertz CT molecular complexity index is 491. The molecule has 0 fully saturated rings. The first-order valence-electron chi connectivity index (χ1n) is 5.30. The minimum Gasteiger partial charge on any atom is -0.497 e. The molecule has 4 heteroatoms. The summed E-state index contributed by atoms with van der Waals surface area (Å²) in [5.41, 5.74) is 2.09. The van der Waals surface area contributed by atoms with Crippen LogP contribution in [0.1, 0.15) is 17.1 Å². The van der Waals surface area contributed by atoms with Crippen molar-refractivity contribution < 1.29 is 4.74 Å². The molecule has 0 radical (unpaired) electrons. The van der Waals surface area contributed by atoms with Crippen molar-refractivity contribution in [2.45, 2.75) is 13.3 Å². The highest BCUT2D eigenvalue weighted by atomic mass is 35.5. The van der Waals surface area contributed by atoms with Gasteiger partial charge in [-0.15, -0.1) is 0 Å². The Balaban J connectivity index is 2.19. The van der Waals surface area contributed by atoms with Crippen molar-refractivity contribution in [3.63, 3.8) is 0 Å². The van der Waals surface area contributed by atoms with Crippen LogP contribution in [0.3, 0.4) is 0 Å². The van der Waals surface area contributed by atoms with Crippen molar-refractivity contribution >= 4 is 11.6 Å². The molecule has 3 nitrogen and oxygen atoms in total. The first-order chi connectivity index (χ1) is 8.17. The van der Waals surface area contributed by atoms with Crippen LogP contribution in [0.2, 0.25) is 5.15 Å². The molecule has 0 amide bonds. The smallest absolute Gasteiger partial charge is 0.133 e. The van der Waals surface area contributed by atoms with Gasteiger partial charge < -0.3 is 4.74 Å². The van der Waals surface area contributed by atoms with Gasteiger partial charge in [0.25, 0.3) is 0 Å². The number of nitrogens with zero attached hydrogens (tertiary/aromatic N) is 2. The van der Waals surface area contributed by atoms with Crippen molar-refractivity contribution in [2.75, 3.05) is 7.11 Å². The van der Waals surface area contributed by atoms with Crippen LogP contribution in [0.5, 0.6) is 5.75 Å². The van der Waals surface area contributed by atoms with E-state index in [4.69, 9.17) is 16.3 Å². The van der Waals surface area contributed by atoms with Gasteiger partial charge >= 0.3 is 0 Å². The lowest BCUT2D eigenvalue weighted by molar-refractivity contribution is 0.414. The number of hydrogen-bond acceptors (Lipinski definition) is 3. The molecule has 2 aromatic rings. The highest BCUT2D eigenvalue weighted by Crippen LogP contribution is 2.15. The lowest BCUT2D eigenvalue weighted by atomic mass is 10.1. The normalized spacial score (nSPS) is 10.3. The molecule has 0 bridgehead atoms. The summed E-state index contributed by atoms with van der Waals surface area (Å²) in [7, 11) is 1.66. The van der Waals surface area contributed by atoms with Gasteiger partial charge in [-0.2, -0.15) is 0 Å². The van der Waals surface area contributed by atoms with Crippen LogP contribution in [-0.4, -0.2) is 17.1 Å². The zero-order valence-corrected chi connectivity index (χ0v) is 10.5. The van der Waals surface area contributed by atoms with Crippen LogP contribution in [0, 0.1) is 6.92 Å². The first kappa shape index (κ1) is 11.9. The van der Waals surface area contributed by atoms with E-state index in [1.165, 1.54) is 5.56 Å². The number of aromatic nitrogens is 2. The zero-order valence-electron chi connectivity index (χ0n) is 9.77. The van der Waals surface area contributed by atoms with Crippen LogP contribution < -0.4 is 4.74 Å². The van der Waals surface area contributed by atoms with E-state index in [1.807, 2.05) is 31.2 Å². The standard InChI is InChI=1S/C13H13ClN2O/c1-9-15-11(8-13(14)16-9)7-10-3-5-12(17-2)6-4-10/h3-6,8H,7H2,1-2H3. The van der Waals surface area contributed by atoms with Crippen molar-refractivity contribution in [3.05, 3.63) is 52.6 Å². The second-order valence-corrected chi connectivity index (χ2v) is 4.14. The van der Waals surface area contributed by atoms with Gasteiger partial charge in [0.1, 0.15) is 16.7 Å². The Morgan fingerprint density at radius 2 is 1.88 bits per heavy atom. The molecule has 88 valence electrons. The van der Waals surface area contributed by atoms with Crippen molar-refractivity contribution in [1.29, 1.82) is 0 Å². The average molecular weight is 249 g/mol. The SMILES string of the molecule is COc1ccc(Cc2cc(Cl)nc(C)n2)cc1. The van der Waals surface area contributed by atoms with Crippen LogP contribution >= 0.6 is 11.6 Å². The summed E-state index contributed by atoms with van der Waals surface area (Å²) in [5.74, 6) is 1.55. The number of ether oxygens (including phenoxy) is 1. The number of hydrogen-bond donors (Lipinski definition) is 0. The Labute approximate surface area is 105 Å². The third-order valence-corrected chi connectivity index (χ3v) is 2.60. The molecule has 1 aromatic heterocycles. The fourth-order valence-electron chi connectivity index (χ4n) is 1.63. The Morgan fingerprint density at radius 3 is 2.47 bits per heavy atom. The largest absolute Gasteiger partial charge is 0.497 e. The zero-order chi connectivity index (χ0) is 12.3. The molecular weight excluding hydrogens is 236 g/mol. The summed E-state index contributed by atoms with van der Waals surface area (Å²) < 4.78 is 5.11. The number of halogens is 1. The molecule has 2 rings (SSSR count). The van der Waals surface area contributed by atoms with E-state index in [2.05, 4.69) is 9.97 Å². The molecule has 17 heavy (non-hydrogen) atoms. The number of rotatable bonds is 3. The van der Waals surface area contributed by atoms with Crippen LogP contribution in [0.25, 0.3) is 0 Å². The Hall–Kier alpha value is -1.61. The summed E-state index contributed by atoms with van der Waals surface area (Å²) in [4.78, 5) is 8.38. The number of benzene rings is 1. The predicted molar refractivity (Wildman–Crippen MR) is 67.6 cm³/mol. The van der Waals surface area contributed by atoms with Crippen LogP contribution in [0.4, 0.5) is 0 Å². The fourth-order valence-corrected chi connectivity index (χ4v) is 1.88. The minimum absolute atomic E-state index is 0.487. The fraction of sp³-hybridized carbons (Fsp3) is 0.231. The molecule has 1 aromatic carbocycles. The third-order valence-electron chi connectivity index (χ3n) is 2.40. The second kappa shape index (κ2) is 5.15. The molecule has 0 saturated heterocycles. The summed E-state index contributed by atoms with van der Waals surface area (Å²) in [6.45, 7) is 1.84. The van der Waals surface area contributed by atoms with Crippen molar-refractivity contribution in [2.24, 2.45) is 0 Å². The maximum absolute atomic E-state index is 5.89. The monoisotopic (exact) mass is 248 g/mol. The molecule has 0 spiro atoms. The third kappa shape index (κ3) is 3.17. The molecule has 0 saturated carbocycles. The number of methoxy groups -OCH3 is 1. The summed E-state index contributed by atoms with van der Waals surface area (Å²) in [5, 5.41) is 0.487. The molecule has 0 unspecified atom stereocenters. The average Bonchev–Trinajstić information content (AvgIpc) is 2.28. The van der Waals surface area contributed by atoms with E-state index in [0.717, 1.165) is 17.9 Å². The van der Waals surface area contributed by atoms with E-state index in [1.54, 1.807) is 13.2 Å². The van der Waals surface area contributed by atoms with Crippen molar-refractivity contribution in [3.8, 4) is 5.75 Å². The maximum atomic E-state index is 5.89. The lowest BCUT2D eigenvalue weighted by Gasteiger charge is -2.04. The van der Waals surface area contributed by atoms with Gasteiger partial charge in [-0.05, 0) is 30.7 Å². The molecule has 0 atom stereocenters. The molecule has 0 aliphatic rings. The van der Waals surface area contributed by atoms with E-state index in [0.29, 0.717) is 11.0 Å². The van der Waals surface area contributed by atoms with Gasteiger partial charge in [-0.25, -0.2) is 9.97 Å². The molecule has 0 N–H and O–H groups in total. The first-order valence-corrected chi connectivity index (χ1v) is 5.68. The topological polar surface area (TPSA) is 35.0 Å². The maximum Gasteiger partial charge on any atom is 0.133 e. The van der Waals surface area contributed by atoms with Gasteiger partial charge in [-0.3, -0.25) is 0 Å². The van der Waals surface area contributed by atoms with E-state index in [-0.39, 0.29) is 0 Å². The van der Waals surface area contributed by atoms with Gasteiger partial charge in [0, 0.05) is 12.1 Å². The Morgan fingerprint density at radius 1 is 1.18 bits per heavy atom. The van der Waals surface area contributed by atoms with Gasteiger partial charge in [0.15, 0.2) is 0 Å². The van der Waals surface area contributed by atoms with Gasteiger partial charge in [0.05, 0.1) is 7.11 Å². The summed E-state index contributed by atoms with van der Waals surface area (Å²) in [6.07, 6.45) is 0.743. The second-order valence-electron chi connectivity index (χ2n) is 3.75. The molecular formula is C13H13ClN2O. The van der Waals surface area contributed by atoms with Crippen LogP contribution in [-0.2, 0) is 6.42 Å². The van der Waals surface area contributed by atoms with E-state index < -0.39 is 0 Å². The predicted octanol–water partition coefficient (Wildman–Crippen LogP) is 3.04. The summed E-state index contributed by atoms with van der Waals surface area (Å²) >= 11 is 5.89. The molecule has 0 aliphatic carbocycles. The lowest BCUT2D eigenvalue weighted by Crippen LogP contribution is -1.97. The highest BCUT2D eigenvalue weighted by Gasteiger charge is 2.02.